The lowest BCUT2D eigenvalue weighted by atomic mass is 10.1. The molecule has 0 bridgehead atoms. The van der Waals surface area contributed by atoms with E-state index in [1.54, 1.807) is 24.3 Å². The van der Waals surface area contributed by atoms with Crippen LogP contribution in [0.4, 0.5) is 5.69 Å². The van der Waals surface area contributed by atoms with E-state index in [1.807, 2.05) is 26.0 Å². The summed E-state index contributed by atoms with van der Waals surface area (Å²) in [6, 6.07) is 10.6. The number of benzene rings is 2. The molecule has 27 heavy (non-hydrogen) atoms. The normalized spacial score (nSPS) is 10.7. The first-order valence-electron chi connectivity index (χ1n) is 8.28. The number of aryl methyl sites for hydroxylation is 2. The second-order valence-electron chi connectivity index (χ2n) is 6.20. The van der Waals surface area contributed by atoms with E-state index in [-0.39, 0.29) is 0 Å². The van der Waals surface area contributed by atoms with Crippen LogP contribution in [0.25, 0.3) is 10.9 Å². The topological polar surface area (TPSA) is 80.4 Å². The van der Waals surface area contributed by atoms with Gasteiger partial charge in [-0.15, -0.1) is 0 Å². The number of aromatic nitrogens is 1. The third-order valence-corrected chi connectivity index (χ3v) is 4.37. The van der Waals surface area contributed by atoms with Crippen LogP contribution in [0.3, 0.4) is 0 Å². The number of H-pyrrole nitrogens is 1. The lowest BCUT2D eigenvalue weighted by Gasteiger charge is -2.08. The minimum absolute atomic E-state index is 0.305. The van der Waals surface area contributed by atoms with Gasteiger partial charge in [-0.25, -0.2) is 4.79 Å². The molecule has 2 aromatic carbocycles. The van der Waals surface area contributed by atoms with Crippen LogP contribution in [0.1, 0.15) is 21.6 Å². The van der Waals surface area contributed by atoms with Crippen molar-refractivity contribution in [3.8, 4) is 5.75 Å². The molecule has 1 heterocycles. The number of hydrogen-bond donors (Lipinski definition) is 2. The first kappa shape index (κ1) is 18.8. The highest BCUT2D eigenvalue weighted by Gasteiger charge is 2.14. The van der Waals surface area contributed by atoms with E-state index in [9.17, 15) is 9.59 Å². The number of fused-ring (bicyclic) bond motifs is 1. The monoisotopic (exact) mass is 386 g/mol. The van der Waals surface area contributed by atoms with Crippen molar-refractivity contribution in [2.45, 2.75) is 13.8 Å². The van der Waals surface area contributed by atoms with Crippen molar-refractivity contribution in [3.63, 3.8) is 0 Å². The molecule has 0 unspecified atom stereocenters. The van der Waals surface area contributed by atoms with E-state index >= 15 is 0 Å². The predicted molar refractivity (Wildman–Crippen MR) is 105 cm³/mol. The van der Waals surface area contributed by atoms with Crippen molar-refractivity contribution >= 4 is 40.1 Å². The second kappa shape index (κ2) is 7.72. The van der Waals surface area contributed by atoms with Crippen LogP contribution in [-0.4, -0.2) is 30.6 Å². The Balaban J connectivity index is 1.62. The molecule has 3 aromatic rings. The highest BCUT2D eigenvalue weighted by Crippen LogP contribution is 2.27. The number of anilines is 1. The minimum atomic E-state index is -0.592. The molecule has 0 aliphatic rings. The molecule has 1 aromatic heterocycles. The molecule has 0 saturated heterocycles. The Bertz CT molecular complexity index is 1030. The van der Waals surface area contributed by atoms with Gasteiger partial charge in [-0.2, -0.15) is 0 Å². The van der Waals surface area contributed by atoms with Gasteiger partial charge in [-0.3, -0.25) is 4.79 Å². The van der Waals surface area contributed by atoms with Crippen LogP contribution < -0.4 is 10.1 Å². The summed E-state index contributed by atoms with van der Waals surface area (Å²) < 4.78 is 10.2. The van der Waals surface area contributed by atoms with Crippen molar-refractivity contribution in [3.05, 3.63) is 58.2 Å². The summed E-state index contributed by atoms with van der Waals surface area (Å²) in [6.07, 6.45) is 0. The third kappa shape index (κ3) is 4.23. The molecule has 0 saturated carbocycles. The van der Waals surface area contributed by atoms with Crippen LogP contribution in [-0.2, 0) is 9.53 Å². The van der Waals surface area contributed by atoms with Gasteiger partial charge in [-0.1, -0.05) is 17.7 Å². The van der Waals surface area contributed by atoms with Gasteiger partial charge < -0.3 is 19.8 Å². The van der Waals surface area contributed by atoms with E-state index in [2.05, 4.69) is 10.3 Å². The summed E-state index contributed by atoms with van der Waals surface area (Å²) in [5, 5.41) is 3.94. The number of aromatic amines is 1. The lowest BCUT2D eigenvalue weighted by molar-refractivity contribution is -0.119. The smallest absolute Gasteiger partial charge is 0.355 e. The number of esters is 1. The third-order valence-electron chi connectivity index (χ3n) is 4.08. The standard InChI is InChI=1S/C20H19ClN2O4/c1-11-6-12(2)14-9-17(23-16(14)7-11)20(25)27-10-19(24)22-13-4-5-18(26-3)15(21)8-13/h4-9,23H,10H2,1-3H3,(H,22,24). The van der Waals surface area contributed by atoms with Gasteiger partial charge >= 0.3 is 5.97 Å². The average Bonchev–Trinajstić information content (AvgIpc) is 3.04. The fourth-order valence-corrected chi connectivity index (χ4v) is 3.12. The van der Waals surface area contributed by atoms with Crippen LogP contribution >= 0.6 is 11.6 Å². The zero-order chi connectivity index (χ0) is 19.6. The van der Waals surface area contributed by atoms with Crippen molar-refractivity contribution < 1.29 is 19.1 Å². The Hall–Kier alpha value is -2.99. The second-order valence-corrected chi connectivity index (χ2v) is 6.61. The number of carbonyl (C=O) groups excluding carboxylic acids is 2. The summed E-state index contributed by atoms with van der Waals surface area (Å²) in [4.78, 5) is 27.3. The Morgan fingerprint density at radius 1 is 1.15 bits per heavy atom. The molecule has 0 aliphatic carbocycles. The molecule has 0 radical (unpaired) electrons. The van der Waals surface area contributed by atoms with Gasteiger partial charge in [0.05, 0.1) is 12.1 Å². The van der Waals surface area contributed by atoms with Crippen molar-refractivity contribution in [2.24, 2.45) is 0 Å². The highest BCUT2D eigenvalue weighted by molar-refractivity contribution is 6.32. The quantitative estimate of drug-likeness (QED) is 0.642. The van der Waals surface area contributed by atoms with E-state index in [1.165, 1.54) is 7.11 Å². The fraction of sp³-hybridized carbons (Fsp3) is 0.200. The maximum absolute atomic E-state index is 12.2. The lowest BCUT2D eigenvalue weighted by Crippen LogP contribution is -2.21. The Morgan fingerprint density at radius 2 is 1.93 bits per heavy atom. The molecule has 1 amide bonds. The zero-order valence-electron chi connectivity index (χ0n) is 15.2. The minimum Gasteiger partial charge on any atom is -0.495 e. The van der Waals surface area contributed by atoms with Crippen molar-refractivity contribution in [1.29, 1.82) is 0 Å². The summed E-state index contributed by atoms with van der Waals surface area (Å²) in [6.45, 7) is 3.56. The Kier molecular flexibility index (Phi) is 5.37. The van der Waals surface area contributed by atoms with Gasteiger partial charge in [0.25, 0.3) is 5.91 Å². The van der Waals surface area contributed by atoms with Crippen LogP contribution in [0, 0.1) is 13.8 Å². The number of methoxy groups -OCH3 is 1. The number of amides is 1. The number of carbonyl (C=O) groups is 2. The predicted octanol–water partition coefficient (Wildman–Crippen LogP) is 4.24. The molecule has 140 valence electrons. The van der Waals surface area contributed by atoms with E-state index in [0.717, 1.165) is 22.0 Å². The van der Waals surface area contributed by atoms with E-state index in [0.29, 0.717) is 22.2 Å². The zero-order valence-corrected chi connectivity index (χ0v) is 15.9. The average molecular weight is 387 g/mol. The van der Waals surface area contributed by atoms with E-state index < -0.39 is 18.5 Å². The van der Waals surface area contributed by atoms with Crippen LogP contribution in [0.15, 0.2) is 36.4 Å². The molecule has 6 nitrogen and oxygen atoms in total. The van der Waals surface area contributed by atoms with Gasteiger partial charge in [0.15, 0.2) is 6.61 Å². The molecule has 7 heteroatoms. The first-order chi connectivity index (χ1) is 12.9. The summed E-state index contributed by atoms with van der Waals surface area (Å²) in [5.74, 6) is -0.552. The van der Waals surface area contributed by atoms with Crippen LogP contribution in [0.5, 0.6) is 5.75 Å². The number of halogens is 1. The summed E-state index contributed by atoms with van der Waals surface area (Å²) in [7, 11) is 1.51. The molecular weight excluding hydrogens is 368 g/mol. The van der Waals surface area contributed by atoms with Crippen molar-refractivity contribution in [2.75, 3.05) is 19.0 Å². The number of rotatable bonds is 5. The number of ether oxygens (including phenoxy) is 2. The van der Waals surface area contributed by atoms with Gasteiger partial charge in [-0.05, 0) is 55.3 Å². The Morgan fingerprint density at radius 3 is 2.63 bits per heavy atom. The molecule has 2 N–H and O–H groups in total. The van der Waals surface area contributed by atoms with Gasteiger partial charge in [0.1, 0.15) is 11.4 Å². The molecule has 0 fully saturated rings. The SMILES string of the molecule is COc1ccc(NC(=O)COC(=O)c2cc3c(C)cc(C)cc3[nH]2)cc1Cl. The molecule has 0 aliphatic heterocycles. The van der Waals surface area contributed by atoms with Gasteiger partial charge in [0, 0.05) is 16.6 Å². The Labute approximate surface area is 161 Å². The van der Waals surface area contributed by atoms with Gasteiger partial charge in [0.2, 0.25) is 0 Å². The molecule has 0 spiro atoms. The number of hydrogen-bond acceptors (Lipinski definition) is 4. The summed E-state index contributed by atoms with van der Waals surface area (Å²) in [5.41, 5.74) is 3.81. The molecule has 3 rings (SSSR count). The van der Waals surface area contributed by atoms with Crippen LogP contribution in [0.2, 0.25) is 5.02 Å². The maximum Gasteiger partial charge on any atom is 0.355 e. The fourth-order valence-electron chi connectivity index (χ4n) is 2.86. The number of nitrogens with one attached hydrogen (secondary N) is 2. The molecule has 0 atom stereocenters. The van der Waals surface area contributed by atoms with E-state index in [4.69, 9.17) is 21.1 Å². The summed E-state index contributed by atoms with van der Waals surface area (Å²) >= 11 is 6.02. The highest BCUT2D eigenvalue weighted by atomic mass is 35.5. The maximum atomic E-state index is 12.2. The first-order valence-corrected chi connectivity index (χ1v) is 8.65. The van der Waals surface area contributed by atoms with Crippen molar-refractivity contribution in [1.82, 2.24) is 4.98 Å². The molecular formula is C20H19ClN2O4. The largest absolute Gasteiger partial charge is 0.495 e.